The third kappa shape index (κ3) is 3.61. The van der Waals surface area contributed by atoms with Gasteiger partial charge in [0.15, 0.2) is 0 Å². The number of carbonyl (C=O) groups excluding carboxylic acids is 1. The Morgan fingerprint density at radius 1 is 1.19 bits per heavy atom. The van der Waals surface area contributed by atoms with Gasteiger partial charge in [0.1, 0.15) is 0 Å². The van der Waals surface area contributed by atoms with Crippen LogP contribution in [-0.4, -0.2) is 29.1 Å². The van der Waals surface area contributed by atoms with E-state index in [1.807, 2.05) is 0 Å². The van der Waals surface area contributed by atoms with Crippen molar-refractivity contribution in [2.24, 2.45) is 17.8 Å². The molecular formula is C18H34N2O. The highest BCUT2D eigenvalue weighted by Gasteiger charge is 2.45. The maximum atomic E-state index is 13.0. The average Bonchev–Trinajstić information content (AvgIpc) is 2.75. The Kier molecular flexibility index (Phi) is 5.70. The van der Waals surface area contributed by atoms with Crippen LogP contribution in [-0.2, 0) is 4.79 Å². The van der Waals surface area contributed by atoms with Crippen LogP contribution < -0.4 is 5.32 Å². The summed E-state index contributed by atoms with van der Waals surface area (Å²) in [5.74, 6) is 2.11. The Balaban J connectivity index is 2.18. The monoisotopic (exact) mass is 294 g/mol. The van der Waals surface area contributed by atoms with E-state index in [4.69, 9.17) is 0 Å². The number of carbonyl (C=O) groups is 1. The summed E-state index contributed by atoms with van der Waals surface area (Å²) in [6.45, 7) is 11.2. The summed E-state index contributed by atoms with van der Waals surface area (Å²) in [6, 6.07) is 0.505. The van der Waals surface area contributed by atoms with Gasteiger partial charge in [-0.3, -0.25) is 10.1 Å². The van der Waals surface area contributed by atoms with E-state index in [-0.39, 0.29) is 12.2 Å². The second-order valence-electron chi connectivity index (χ2n) is 7.80. The molecule has 0 aromatic carbocycles. The molecule has 1 N–H and O–H groups in total. The molecule has 2 rings (SSSR count). The Morgan fingerprint density at radius 3 is 2.43 bits per heavy atom. The molecule has 1 saturated carbocycles. The van der Waals surface area contributed by atoms with Crippen LogP contribution in [0.1, 0.15) is 73.1 Å². The summed E-state index contributed by atoms with van der Waals surface area (Å²) in [5.41, 5.74) is 0. The molecule has 1 aliphatic heterocycles. The number of nitrogens with one attached hydrogen (secondary N) is 1. The second-order valence-corrected chi connectivity index (χ2v) is 7.80. The van der Waals surface area contributed by atoms with Crippen molar-refractivity contribution in [2.45, 2.75) is 91.4 Å². The minimum Gasteiger partial charge on any atom is -0.322 e. The third-order valence-electron chi connectivity index (χ3n) is 5.31. The number of nitrogens with zero attached hydrogens (tertiary/aromatic N) is 1. The van der Waals surface area contributed by atoms with Gasteiger partial charge in [0.2, 0.25) is 5.91 Å². The zero-order valence-corrected chi connectivity index (χ0v) is 14.6. The van der Waals surface area contributed by atoms with Gasteiger partial charge < -0.3 is 4.90 Å². The maximum Gasteiger partial charge on any atom is 0.241 e. The zero-order chi connectivity index (χ0) is 15.6. The Morgan fingerprint density at radius 2 is 1.86 bits per heavy atom. The van der Waals surface area contributed by atoms with Crippen molar-refractivity contribution in [3.8, 4) is 0 Å². The molecule has 1 aliphatic carbocycles. The minimum atomic E-state index is 0.0387. The number of rotatable bonds is 5. The second kappa shape index (κ2) is 7.13. The maximum absolute atomic E-state index is 13.0. The van der Waals surface area contributed by atoms with Gasteiger partial charge in [-0.2, -0.15) is 0 Å². The molecule has 122 valence electrons. The smallest absolute Gasteiger partial charge is 0.241 e. The molecule has 0 radical (unpaired) electrons. The fourth-order valence-corrected chi connectivity index (χ4v) is 4.23. The van der Waals surface area contributed by atoms with E-state index in [2.05, 4.69) is 44.8 Å². The molecule has 2 fully saturated rings. The number of amides is 1. The summed E-state index contributed by atoms with van der Waals surface area (Å²) in [5, 5.41) is 3.64. The number of hydrogen-bond acceptors (Lipinski definition) is 2. The first kappa shape index (κ1) is 16.8. The van der Waals surface area contributed by atoms with Crippen molar-refractivity contribution >= 4 is 5.91 Å². The van der Waals surface area contributed by atoms with Gasteiger partial charge in [-0.1, -0.05) is 53.9 Å². The van der Waals surface area contributed by atoms with E-state index < -0.39 is 0 Å². The van der Waals surface area contributed by atoms with Crippen molar-refractivity contribution in [2.75, 3.05) is 0 Å². The molecule has 1 heterocycles. The van der Waals surface area contributed by atoms with Crippen molar-refractivity contribution in [3.63, 3.8) is 0 Å². The van der Waals surface area contributed by atoms with Gasteiger partial charge in [0.25, 0.3) is 0 Å². The van der Waals surface area contributed by atoms with Gasteiger partial charge in [-0.05, 0) is 37.0 Å². The molecule has 1 amide bonds. The minimum absolute atomic E-state index is 0.0387. The van der Waals surface area contributed by atoms with Crippen molar-refractivity contribution in [1.82, 2.24) is 10.2 Å². The highest BCUT2D eigenvalue weighted by Crippen LogP contribution is 2.35. The molecule has 1 saturated heterocycles. The fourth-order valence-electron chi connectivity index (χ4n) is 4.23. The standard InChI is InChI=1S/C18H34N2O/c1-6-14-9-7-8-10-16(14)20-17(13(4)5)19-15(18(20)21)11-12(2)3/h12-17,19H,6-11H2,1-5H3. The van der Waals surface area contributed by atoms with Crippen molar-refractivity contribution in [1.29, 1.82) is 0 Å². The van der Waals surface area contributed by atoms with E-state index in [1.54, 1.807) is 0 Å². The molecule has 0 aromatic rings. The topological polar surface area (TPSA) is 32.3 Å². The van der Waals surface area contributed by atoms with E-state index in [1.165, 1.54) is 32.1 Å². The van der Waals surface area contributed by atoms with E-state index in [9.17, 15) is 4.79 Å². The Hall–Kier alpha value is -0.570. The Bertz CT molecular complexity index is 353. The lowest BCUT2D eigenvalue weighted by Crippen LogP contribution is -2.51. The van der Waals surface area contributed by atoms with Crippen LogP contribution in [0.4, 0.5) is 0 Å². The van der Waals surface area contributed by atoms with Gasteiger partial charge in [-0.25, -0.2) is 0 Å². The van der Waals surface area contributed by atoms with Crippen LogP contribution in [0.25, 0.3) is 0 Å². The predicted molar refractivity (Wildman–Crippen MR) is 87.9 cm³/mol. The lowest BCUT2D eigenvalue weighted by Gasteiger charge is -2.41. The lowest BCUT2D eigenvalue weighted by molar-refractivity contribution is -0.135. The highest BCUT2D eigenvalue weighted by molar-refractivity contribution is 5.84. The summed E-state index contributed by atoms with van der Waals surface area (Å²) in [7, 11) is 0. The zero-order valence-electron chi connectivity index (χ0n) is 14.6. The van der Waals surface area contributed by atoms with Crippen LogP contribution >= 0.6 is 0 Å². The molecule has 3 nitrogen and oxygen atoms in total. The molecule has 21 heavy (non-hydrogen) atoms. The third-order valence-corrected chi connectivity index (χ3v) is 5.31. The molecule has 4 unspecified atom stereocenters. The van der Waals surface area contributed by atoms with Crippen LogP contribution in [0, 0.1) is 17.8 Å². The molecular weight excluding hydrogens is 260 g/mol. The molecule has 3 heteroatoms. The molecule has 0 spiro atoms. The lowest BCUT2D eigenvalue weighted by atomic mass is 9.81. The van der Waals surface area contributed by atoms with E-state index in [0.29, 0.717) is 29.7 Å². The predicted octanol–water partition coefficient (Wildman–Crippen LogP) is 3.78. The summed E-state index contributed by atoms with van der Waals surface area (Å²) < 4.78 is 0. The van der Waals surface area contributed by atoms with Gasteiger partial charge >= 0.3 is 0 Å². The fraction of sp³-hybridized carbons (Fsp3) is 0.944. The molecule has 0 bridgehead atoms. The first-order valence-corrected chi connectivity index (χ1v) is 9.03. The van der Waals surface area contributed by atoms with Gasteiger partial charge in [-0.15, -0.1) is 0 Å². The van der Waals surface area contributed by atoms with Gasteiger partial charge in [0.05, 0.1) is 12.2 Å². The molecule has 4 atom stereocenters. The first-order valence-electron chi connectivity index (χ1n) is 9.03. The summed E-state index contributed by atoms with van der Waals surface area (Å²) in [4.78, 5) is 15.2. The van der Waals surface area contributed by atoms with Crippen molar-refractivity contribution < 1.29 is 4.79 Å². The molecule has 0 aromatic heterocycles. The van der Waals surface area contributed by atoms with E-state index in [0.717, 1.165) is 6.42 Å². The SMILES string of the molecule is CCC1CCCCC1N1C(=O)C(CC(C)C)NC1C(C)C. The summed E-state index contributed by atoms with van der Waals surface area (Å²) >= 11 is 0. The van der Waals surface area contributed by atoms with Crippen LogP contribution in [0.2, 0.25) is 0 Å². The first-order chi connectivity index (χ1) is 9.95. The molecule has 2 aliphatic rings. The van der Waals surface area contributed by atoms with Crippen LogP contribution in [0.15, 0.2) is 0 Å². The average molecular weight is 294 g/mol. The largest absolute Gasteiger partial charge is 0.322 e. The quantitative estimate of drug-likeness (QED) is 0.837. The highest BCUT2D eigenvalue weighted by atomic mass is 16.2. The van der Waals surface area contributed by atoms with Gasteiger partial charge in [0, 0.05) is 6.04 Å². The van der Waals surface area contributed by atoms with Crippen LogP contribution in [0.5, 0.6) is 0 Å². The van der Waals surface area contributed by atoms with E-state index >= 15 is 0 Å². The Labute approximate surface area is 130 Å². The summed E-state index contributed by atoms with van der Waals surface area (Å²) in [6.07, 6.45) is 7.51. The number of hydrogen-bond donors (Lipinski definition) is 1. The normalized spacial score (nSPS) is 34.2. The van der Waals surface area contributed by atoms with Crippen LogP contribution in [0.3, 0.4) is 0 Å². The van der Waals surface area contributed by atoms with Crippen molar-refractivity contribution in [3.05, 3.63) is 0 Å².